The van der Waals surface area contributed by atoms with Gasteiger partial charge in [0.05, 0.1) is 6.61 Å². The molecule has 0 heterocycles. The van der Waals surface area contributed by atoms with Crippen LogP contribution in [0.15, 0.2) is 42.5 Å². The van der Waals surface area contributed by atoms with Crippen molar-refractivity contribution in [2.45, 2.75) is 13.0 Å². The fraction of sp³-hybridized carbons (Fsp3) is 0.176. The third-order valence-electron chi connectivity index (χ3n) is 2.71. The lowest BCUT2D eigenvalue weighted by Gasteiger charge is -2.07. The van der Waals surface area contributed by atoms with Crippen LogP contribution in [0.2, 0.25) is 0 Å². The molecule has 0 bridgehead atoms. The van der Waals surface area contributed by atoms with Gasteiger partial charge in [-0.3, -0.25) is 0 Å². The van der Waals surface area contributed by atoms with E-state index in [-0.39, 0.29) is 13.2 Å². The fourth-order valence-electron chi connectivity index (χ4n) is 1.68. The van der Waals surface area contributed by atoms with Gasteiger partial charge in [-0.2, -0.15) is 0 Å². The van der Waals surface area contributed by atoms with Crippen LogP contribution in [0.5, 0.6) is 5.75 Å². The minimum Gasteiger partial charge on any atom is -0.489 e. The van der Waals surface area contributed by atoms with Gasteiger partial charge in [0.2, 0.25) is 0 Å². The Labute approximate surface area is 122 Å². The molecular weight excluding hydrogens is 274 g/mol. The van der Waals surface area contributed by atoms with Crippen molar-refractivity contribution in [1.29, 1.82) is 0 Å². The van der Waals surface area contributed by atoms with E-state index in [1.54, 1.807) is 18.2 Å². The molecule has 2 aromatic carbocycles. The monoisotopic (exact) mass is 288 g/mol. The highest BCUT2D eigenvalue weighted by molar-refractivity contribution is 5.37. The molecule has 1 N–H and O–H groups in total. The molecular formula is C17H14F2O2. The van der Waals surface area contributed by atoms with Gasteiger partial charge in [0.25, 0.3) is 0 Å². The van der Waals surface area contributed by atoms with Crippen LogP contribution >= 0.6 is 0 Å². The summed E-state index contributed by atoms with van der Waals surface area (Å²) in [7, 11) is 0. The predicted octanol–water partition coefficient (Wildman–Crippen LogP) is 3.28. The Bertz CT molecular complexity index is 672. The maximum absolute atomic E-state index is 13.9. The van der Waals surface area contributed by atoms with Crippen molar-refractivity contribution in [3.8, 4) is 17.6 Å². The number of halogens is 2. The number of ether oxygens (including phenoxy) is 1. The molecule has 0 fully saturated rings. The maximum atomic E-state index is 13.9. The summed E-state index contributed by atoms with van der Waals surface area (Å²) in [6.45, 7) is -0.00528. The molecule has 0 aromatic heterocycles. The van der Waals surface area contributed by atoms with E-state index in [1.165, 1.54) is 24.3 Å². The van der Waals surface area contributed by atoms with E-state index < -0.39 is 11.6 Å². The Morgan fingerprint density at radius 1 is 1.10 bits per heavy atom. The van der Waals surface area contributed by atoms with Crippen molar-refractivity contribution >= 4 is 0 Å². The van der Waals surface area contributed by atoms with Crippen LogP contribution in [0.4, 0.5) is 8.78 Å². The minimum absolute atomic E-state index is 0.0135. The number of hydrogen-bond donors (Lipinski definition) is 1. The molecule has 0 aliphatic carbocycles. The van der Waals surface area contributed by atoms with Gasteiger partial charge < -0.3 is 9.84 Å². The van der Waals surface area contributed by atoms with Gasteiger partial charge in [0, 0.05) is 23.6 Å². The molecule has 0 amide bonds. The first-order chi connectivity index (χ1) is 10.2. The van der Waals surface area contributed by atoms with Gasteiger partial charge >= 0.3 is 0 Å². The second-order valence-corrected chi connectivity index (χ2v) is 4.33. The van der Waals surface area contributed by atoms with Crippen molar-refractivity contribution in [3.63, 3.8) is 0 Å². The van der Waals surface area contributed by atoms with Gasteiger partial charge in [0.15, 0.2) is 0 Å². The number of benzene rings is 2. The second-order valence-electron chi connectivity index (χ2n) is 4.33. The molecule has 0 aliphatic rings. The molecule has 4 heteroatoms. The molecule has 0 aliphatic heterocycles. The average molecular weight is 288 g/mol. The molecule has 2 aromatic rings. The summed E-state index contributed by atoms with van der Waals surface area (Å²) >= 11 is 0. The molecule has 21 heavy (non-hydrogen) atoms. The maximum Gasteiger partial charge on any atom is 0.131 e. The van der Waals surface area contributed by atoms with Gasteiger partial charge in [-0.25, -0.2) is 8.78 Å². The zero-order chi connectivity index (χ0) is 15.1. The molecule has 2 rings (SSSR count). The zero-order valence-corrected chi connectivity index (χ0v) is 11.3. The normalized spacial score (nSPS) is 9.86. The molecule has 0 saturated heterocycles. The number of aliphatic hydroxyl groups is 1. The van der Waals surface area contributed by atoms with Crippen LogP contribution in [0.3, 0.4) is 0 Å². The predicted molar refractivity (Wildman–Crippen MR) is 75.7 cm³/mol. The van der Waals surface area contributed by atoms with Crippen molar-refractivity contribution < 1.29 is 18.6 Å². The minimum atomic E-state index is -0.429. The summed E-state index contributed by atoms with van der Waals surface area (Å²) in [5.41, 5.74) is 0.905. The Morgan fingerprint density at radius 2 is 1.95 bits per heavy atom. The van der Waals surface area contributed by atoms with E-state index in [0.717, 1.165) is 0 Å². The van der Waals surface area contributed by atoms with E-state index in [2.05, 4.69) is 11.8 Å². The average Bonchev–Trinajstić information content (AvgIpc) is 2.47. The smallest absolute Gasteiger partial charge is 0.131 e. The largest absolute Gasteiger partial charge is 0.489 e. The van der Waals surface area contributed by atoms with E-state index in [0.29, 0.717) is 23.3 Å². The SMILES string of the molecule is OCCC#Cc1ccc(COc2cccc(F)c2)c(F)c1. The summed E-state index contributed by atoms with van der Waals surface area (Å²) in [5, 5.41) is 8.62. The summed E-state index contributed by atoms with van der Waals surface area (Å²) < 4.78 is 32.2. The number of aliphatic hydroxyl groups excluding tert-OH is 1. The molecule has 0 unspecified atom stereocenters. The second kappa shape index (κ2) is 7.41. The quantitative estimate of drug-likeness (QED) is 0.875. The first-order valence-electron chi connectivity index (χ1n) is 6.45. The summed E-state index contributed by atoms with van der Waals surface area (Å²) in [4.78, 5) is 0. The summed E-state index contributed by atoms with van der Waals surface area (Å²) in [5.74, 6) is 5.00. The third kappa shape index (κ3) is 4.59. The lowest BCUT2D eigenvalue weighted by Crippen LogP contribution is -1.99. The van der Waals surface area contributed by atoms with E-state index in [9.17, 15) is 8.78 Å². The molecule has 0 spiro atoms. The molecule has 0 saturated carbocycles. The highest BCUT2D eigenvalue weighted by atomic mass is 19.1. The van der Waals surface area contributed by atoms with Crippen LogP contribution < -0.4 is 4.74 Å². The first-order valence-corrected chi connectivity index (χ1v) is 6.45. The standard InChI is InChI=1S/C17H14F2O2/c18-15-5-3-6-16(11-15)21-12-14-8-7-13(10-17(14)19)4-1-2-9-20/h3,5-8,10-11,20H,2,9,12H2. The van der Waals surface area contributed by atoms with Gasteiger partial charge in [-0.1, -0.05) is 24.0 Å². The van der Waals surface area contributed by atoms with Crippen LogP contribution in [0, 0.1) is 23.5 Å². The van der Waals surface area contributed by atoms with E-state index >= 15 is 0 Å². The van der Waals surface area contributed by atoms with Crippen molar-refractivity contribution in [3.05, 3.63) is 65.2 Å². The highest BCUT2D eigenvalue weighted by Crippen LogP contribution is 2.16. The Morgan fingerprint density at radius 3 is 2.67 bits per heavy atom. The van der Waals surface area contributed by atoms with Crippen molar-refractivity contribution in [1.82, 2.24) is 0 Å². The molecule has 0 radical (unpaired) electrons. The van der Waals surface area contributed by atoms with Gasteiger partial charge in [0.1, 0.15) is 24.0 Å². The van der Waals surface area contributed by atoms with Gasteiger partial charge in [-0.15, -0.1) is 0 Å². The highest BCUT2D eigenvalue weighted by Gasteiger charge is 2.04. The van der Waals surface area contributed by atoms with Crippen LogP contribution in [0.1, 0.15) is 17.5 Å². The Kier molecular flexibility index (Phi) is 5.30. The van der Waals surface area contributed by atoms with Gasteiger partial charge in [-0.05, 0) is 24.3 Å². The third-order valence-corrected chi connectivity index (χ3v) is 2.71. The van der Waals surface area contributed by atoms with Crippen LogP contribution in [-0.2, 0) is 6.61 Å². The lowest BCUT2D eigenvalue weighted by atomic mass is 10.1. The van der Waals surface area contributed by atoms with Crippen molar-refractivity contribution in [2.24, 2.45) is 0 Å². The zero-order valence-electron chi connectivity index (χ0n) is 11.3. The van der Waals surface area contributed by atoms with E-state index in [4.69, 9.17) is 9.84 Å². The van der Waals surface area contributed by atoms with Crippen LogP contribution in [-0.4, -0.2) is 11.7 Å². The molecule has 108 valence electrons. The Hall–Kier alpha value is -2.38. The molecule has 2 nitrogen and oxygen atoms in total. The molecule has 0 atom stereocenters. The first kappa shape index (κ1) is 15.0. The topological polar surface area (TPSA) is 29.5 Å². The number of hydrogen-bond acceptors (Lipinski definition) is 2. The summed E-state index contributed by atoms with van der Waals surface area (Å²) in [6.07, 6.45) is 0.353. The summed E-state index contributed by atoms with van der Waals surface area (Å²) in [6, 6.07) is 10.3. The fourth-order valence-corrected chi connectivity index (χ4v) is 1.68. The van der Waals surface area contributed by atoms with Crippen molar-refractivity contribution in [2.75, 3.05) is 6.61 Å². The lowest BCUT2D eigenvalue weighted by molar-refractivity contribution is 0.298. The Balaban J connectivity index is 2.03. The van der Waals surface area contributed by atoms with Crippen LogP contribution in [0.25, 0.3) is 0 Å². The van der Waals surface area contributed by atoms with E-state index in [1.807, 2.05) is 0 Å². The number of rotatable bonds is 4.